The van der Waals surface area contributed by atoms with E-state index < -0.39 is 11.0 Å². The molecule has 2 aromatic rings. The first kappa shape index (κ1) is 31.0. The number of amides is 2. The summed E-state index contributed by atoms with van der Waals surface area (Å²) < 4.78 is 1.44. The number of carbonyl (C=O) groups excluding carboxylic acids is 2. The molecule has 1 saturated carbocycles. The summed E-state index contributed by atoms with van der Waals surface area (Å²) in [4.78, 5) is 43.5. The highest BCUT2D eigenvalue weighted by Gasteiger charge is 2.49. The van der Waals surface area contributed by atoms with E-state index in [1.807, 2.05) is 49.1 Å². The van der Waals surface area contributed by atoms with E-state index in [2.05, 4.69) is 0 Å². The number of pyridine rings is 1. The number of nitrogens with zero attached hydrogens (tertiary/aromatic N) is 3. The van der Waals surface area contributed by atoms with Gasteiger partial charge in [0.25, 0.3) is 11.5 Å². The Labute approximate surface area is 244 Å². The minimum absolute atomic E-state index is 0.0137. The third kappa shape index (κ3) is 6.92. The van der Waals surface area contributed by atoms with Gasteiger partial charge in [0.1, 0.15) is 0 Å². The van der Waals surface area contributed by atoms with Gasteiger partial charge in [0.05, 0.1) is 17.7 Å². The van der Waals surface area contributed by atoms with Crippen LogP contribution in [0.2, 0.25) is 0 Å². The second kappa shape index (κ2) is 12.9. The van der Waals surface area contributed by atoms with Gasteiger partial charge in [-0.25, -0.2) is 0 Å². The second-order valence-corrected chi connectivity index (χ2v) is 13.0. The monoisotopic (exact) mass is 565 g/mol. The van der Waals surface area contributed by atoms with Crippen LogP contribution >= 0.6 is 0 Å². The number of carbonyl (C=O) groups is 2. The smallest absolute Gasteiger partial charge is 0.255 e. The number of rotatable bonds is 9. The number of aliphatic hydroxyl groups is 2. The first-order valence-electron chi connectivity index (χ1n) is 15.1. The molecule has 1 aliphatic heterocycles. The van der Waals surface area contributed by atoms with Gasteiger partial charge in [-0.05, 0) is 30.7 Å². The summed E-state index contributed by atoms with van der Waals surface area (Å²) in [6.45, 7) is 4.61. The van der Waals surface area contributed by atoms with E-state index in [0.29, 0.717) is 43.0 Å². The molecule has 2 amide bonds. The van der Waals surface area contributed by atoms with Crippen molar-refractivity contribution in [3.8, 4) is 11.1 Å². The molecule has 8 heteroatoms. The van der Waals surface area contributed by atoms with Crippen LogP contribution in [0.1, 0.15) is 75.6 Å². The normalized spacial score (nSPS) is 21.9. The minimum atomic E-state index is -1.27. The lowest BCUT2D eigenvalue weighted by Crippen LogP contribution is -2.61. The molecule has 0 bridgehead atoms. The number of aliphatic hydroxyl groups excluding tert-OH is 1. The molecule has 2 heterocycles. The first-order valence-corrected chi connectivity index (χ1v) is 15.1. The summed E-state index contributed by atoms with van der Waals surface area (Å²) in [6.07, 6.45) is 9.13. The van der Waals surface area contributed by atoms with E-state index >= 15 is 0 Å². The van der Waals surface area contributed by atoms with Crippen LogP contribution in [0.5, 0.6) is 0 Å². The Morgan fingerprint density at radius 3 is 2.39 bits per heavy atom. The number of aromatic nitrogens is 1. The molecule has 1 aromatic heterocycles. The Morgan fingerprint density at radius 2 is 1.78 bits per heavy atom. The van der Waals surface area contributed by atoms with Gasteiger partial charge < -0.3 is 24.6 Å². The van der Waals surface area contributed by atoms with Crippen molar-refractivity contribution < 1.29 is 19.8 Å². The fraction of sp³-hybridized carbons (Fsp3) is 0.606. The van der Waals surface area contributed by atoms with Crippen LogP contribution in [0, 0.1) is 17.3 Å². The molecule has 41 heavy (non-hydrogen) atoms. The van der Waals surface area contributed by atoms with Crippen LogP contribution in [0.3, 0.4) is 0 Å². The van der Waals surface area contributed by atoms with Crippen LogP contribution in [-0.2, 0) is 11.3 Å². The fourth-order valence-corrected chi connectivity index (χ4v) is 6.67. The Bertz CT molecular complexity index is 1270. The third-order valence-electron chi connectivity index (χ3n) is 9.40. The average molecular weight is 566 g/mol. The highest BCUT2D eigenvalue weighted by atomic mass is 16.3. The number of hydrogen-bond acceptors (Lipinski definition) is 5. The van der Waals surface area contributed by atoms with Crippen LogP contribution in [0.15, 0.2) is 47.4 Å². The third-order valence-corrected chi connectivity index (χ3v) is 9.40. The molecular formula is C33H47N3O5. The molecule has 1 saturated heterocycles. The number of likely N-dealkylation sites (tertiary alicyclic amines) is 1. The minimum Gasteiger partial charge on any atom is -0.396 e. The SMILES string of the molecule is CN(C)C(=O)c1cn(C[C@]2(O)CCN(C(=O)[C@H](CCO)CC3CCCCC3)CC2(C)C)c(=O)cc1-c1ccccc1. The summed E-state index contributed by atoms with van der Waals surface area (Å²) in [7, 11) is 3.35. The van der Waals surface area contributed by atoms with Crippen molar-refractivity contribution >= 4 is 11.8 Å². The standard InChI is InChI=1S/C33H47N3O5/c1-32(2)22-35(30(39)26(15-18-37)19-24-11-7-5-8-12-24)17-16-33(32,41)23-36-21-28(31(40)34(3)4)27(20-29(36)38)25-13-9-6-10-14-25/h6,9-10,13-14,20-21,24,26,37,41H,5,7-8,11-12,15-19,22-23H2,1-4H3/t26-,33-/m1/s1. The average Bonchev–Trinajstić information content (AvgIpc) is 2.95. The Hall–Kier alpha value is -2.97. The highest BCUT2D eigenvalue weighted by Crippen LogP contribution is 2.41. The number of hydrogen-bond donors (Lipinski definition) is 2. The molecule has 2 N–H and O–H groups in total. The van der Waals surface area contributed by atoms with Gasteiger partial charge in [0, 0.05) is 63.0 Å². The molecule has 0 unspecified atom stereocenters. The second-order valence-electron chi connectivity index (χ2n) is 13.0. The molecule has 2 atom stereocenters. The van der Waals surface area contributed by atoms with Crippen molar-refractivity contribution in [2.24, 2.45) is 17.3 Å². The zero-order chi connectivity index (χ0) is 29.8. The van der Waals surface area contributed by atoms with E-state index in [9.17, 15) is 24.6 Å². The van der Waals surface area contributed by atoms with E-state index in [4.69, 9.17) is 0 Å². The van der Waals surface area contributed by atoms with Gasteiger partial charge >= 0.3 is 0 Å². The summed E-state index contributed by atoms with van der Waals surface area (Å²) in [5.74, 6) is 0.154. The molecule has 2 fully saturated rings. The maximum absolute atomic E-state index is 13.7. The zero-order valence-electron chi connectivity index (χ0n) is 25.1. The number of benzene rings is 1. The van der Waals surface area contributed by atoms with Crippen molar-refractivity contribution in [2.75, 3.05) is 33.8 Å². The van der Waals surface area contributed by atoms with Crippen molar-refractivity contribution in [2.45, 2.75) is 77.4 Å². The Kier molecular flexibility index (Phi) is 9.75. The maximum atomic E-state index is 13.7. The predicted octanol–water partition coefficient (Wildman–Crippen LogP) is 4.18. The molecule has 0 radical (unpaired) electrons. The van der Waals surface area contributed by atoms with Gasteiger partial charge in [0.15, 0.2) is 0 Å². The highest BCUT2D eigenvalue weighted by molar-refractivity contribution is 6.00. The molecule has 2 aliphatic rings. The van der Waals surface area contributed by atoms with Gasteiger partial charge in [-0.15, -0.1) is 0 Å². The summed E-state index contributed by atoms with van der Waals surface area (Å²) in [5, 5.41) is 21.7. The quantitative estimate of drug-likeness (QED) is 0.475. The van der Waals surface area contributed by atoms with E-state index in [1.54, 1.807) is 20.3 Å². The molecule has 0 spiro atoms. The molecular weight excluding hydrogens is 518 g/mol. The van der Waals surface area contributed by atoms with Crippen molar-refractivity contribution in [1.82, 2.24) is 14.4 Å². The van der Waals surface area contributed by atoms with Crippen LogP contribution in [0.25, 0.3) is 11.1 Å². The molecule has 4 rings (SSSR count). The predicted molar refractivity (Wildman–Crippen MR) is 160 cm³/mol. The number of piperidine rings is 1. The first-order chi connectivity index (χ1) is 19.5. The van der Waals surface area contributed by atoms with E-state index in [-0.39, 0.29) is 36.4 Å². The largest absolute Gasteiger partial charge is 0.396 e. The van der Waals surface area contributed by atoms with Crippen molar-refractivity contribution in [3.63, 3.8) is 0 Å². The summed E-state index contributed by atoms with van der Waals surface area (Å²) in [6, 6.07) is 10.8. The lowest BCUT2D eigenvalue weighted by atomic mass is 9.69. The molecule has 8 nitrogen and oxygen atoms in total. The van der Waals surface area contributed by atoms with Gasteiger partial charge in [-0.1, -0.05) is 76.3 Å². The summed E-state index contributed by atoms with van der Waals surface area (Å²) in [5.41, 5.74) is -0.542. The fourth-order valence-electron chi connectivity index (χ4n) is 6.67. The lowest BCUT2D eigenvalue weighted by Gasteiger charge is -2.51. The van der Waals surface area contributed by atoms with E-state index in [0.717, 1.165) is 24.8 Å². The van der Waals surface area contributed by atoms with Crippen molar-refractivity contribution in [3.05, 3.63) is 58.5 Å². The molecule has 224 valence electrons. The van der Waals surface area contributed by atoms with Gasteiger partial charge in [-0.2, -0.15) is 0 Å². The topological polar surface area (TPSA) is 103 Å². The van der Waals surface area contributed by atoms with Crippen LogP contribution < -0.4 is 5.56 Å². The molecule has 1 aliphatic carbocycles. The maximum Gasteiger partial charge on any atom is 0.255 e. The van der Waals surface area contributed by atoms with Gasteiger partial charge in [-0.3, -0.25) is 14.4 Å². The summed E-state index contributed by atoms with van der Waals surface area (Å²) >= 11 is 0. The molecule has 1 aromatic carbocycles. The Balaban J connectivity index is 1.56. The van der Waals surface area contributed by atoms with E-state index in [1.165, 1.54) is 34.8 Å². The van der Waals surface area contributed by atoms with Gasteiger partial charge in [0.2, 0.25) is 5.91 Å². The Morgan fingerprint density at radius 1 is 1.10 bits per heavy atom. The lowest BCUT2D eigenvalue weighted by molar-refractivity contribution is -0.158. The van der Waals surface area contributed by atoms with Crippen molar-refractivity contribution in [1.29, 1.82) is 0 Å². The van der Waals surface area contributed by atoms with Crippen LogP contribution in [0.4, 0.5) is 0 Å². The van der Waals surface area contributed by atoms with Crippen LogP contribution in [-0.4, -0.2) is 75.8 Å². The zero-order valence-corrected chi connectivity index (χ0v) is 25.1.